The van der Waals surface area contributed by atoms with Gasteiger partial charge in [-0.15, -0.1) is 6.58 Å². The second kappa shape index (κ2) is 5.20. The summed E-state index contributed by atoms with van der Waals surface area (Å²) >= 11 is 0. The molecule has 1 atom stereocenters. The topological polar surface area (TPSA) is 46.5 Å². The molecule has 0 bridgehead atoms. The van der Waals surface area contributed by atoms with E-state index in [9.17, 15) is 4.79 Å². The third-order valence-electron chi connectivity index (χ3n) is 2.21. The molecule has 15 heavy (non-hydrogen) atoms. The minimum Gasteiger partial charge on any atom is -0.496 e. The zero-order valence-corrected chi connectivity index (χ0v) is 8.64. The number of carbonyl (C=O) groups is 1. The molecule has 0 aliphatic carbocycles. The van der Waals surface area contributed by atoms with Crippen molar-refractivity contribution in [1.82, 2.24) is 0 Å². The molecule has 1 aromatic carbocycles. The van der Waals surface area contributed by atoms with Gasteiger partial charge in [-0.05, 0) is 12.5 Å². The van der Waals surface area contributed by atoms with Gasteiger partial charge in [0.1, 0.15) is 5.75 Å². The number of carboxylic acids is 1. The van der Waals surface area contributed by atoms with Crippen LogP contribution in [0, 0.1) is 0 Å². The summed E-state index contributed by atoms with van der Waals surface area (Å²) in [5, 5.41) is 9.07. The molecule has 0 aliphatic heterocycles. The fraction of sp³-hybridized carbons (Fsp3) is 0.250. The van der Waals surface area contributed by atoms with Crippen molar-refractivity contribution in [3.63, 3.8) is 0 Å². The lowest BCUT2D eigenvalue weighted by atomic mass is 9.95. The number of methoxy groups -OCH3 is 1. The zero-order chi connectivity index (χ0) is 11.3. The van der Waals surface area contributed by atoms with Crippen LogP contribution in [0.3, 0.4) is 0 Å². The molecule has 3 heteroatoms. The van der Waals surface area contributed by atoms with E-state index in [-0.39, 0.29) is 0 Å². The van der Waals surface area contributed by atoms with Crippen molar-refractivity contribution < 1.29 is 14.6 Å². The van der Waals surface area contributed by atoms with Gasteiger partial charge in [-0.2, -0.15) is 0 Å². The molecule has 1 unspecified atom stereocenters. The van der Waals surface area contributed by atoms with Crippen LogP contribution in [-0.4, -0.2) is 18.2 Å². The van der Waals surface area contributed by atoms with Gasteiger partial charge in [-0.3, -0.25) is 4.79 Å². The largest absolute Gasteiger partial charge is 0.496 e. The molecule has 0 spiro atoms. The molecule has 1 rings (SSSR count). The molecular formula is C12H14O3. The van der Waals surface area contributed by atoms with E-state index in [2.05, 4.69) is 6.58 Å². The maximum absolute atomic E-state index is 11.1. The second-order valence-electron chi connectivity index (χ2n) is 3.16. The maximum atomic E-state index is 11.1. The summed E-state index contributed by atoms with van der Waals surface area (Å²) in [6, 6.07) is 7.14. The van der Waals surface area contributed by atoms with Crippen LogP contribution in [-0.2, 0) is 4.79 Å². The van der Waals surface area contributed by atoms with Crippen LogP contribution in [0.2, 0.25) is 0 Å². The van der Waals surface area contributed by atoms with Crippen LogP contribution in [0.4, 0.5) is 0 Å². The quantitative estimate of drug-likeness (QED) is 0.752. The first kappa shape index (κ1) is 11.3. The number of allylic oxidation sites excluding steroid dienone is 1. The van der Waals surface area contributed by atoms with Gasteiger partial charge in [-0.25, -0.2) is 0 Å². The molecule has 3 nitrogen and oxygen atoms in total. The van der Waals surface area contributed by atoms with Crippen LogP contribution in [0.5, 0.6) is 5.75 Å². The third kappa shape index (κ3) is 2.59. The van der Waals surface area contributed by atoms with Crippen LogP contribution in [0.1, 0.15) is 17.9 Å². The molecule has 0 amide bonds. The van der Waals surface area contributed by atoms with E-state index in [1.807, 2.05) is 6.07 Å². The lowest BCUT2D eigenvalue weighted by molar-refractivity contribution is -0.138. The summed E-state index contributed by atoms with van der Waals surface area (Å²) in [5.74, 6) is -0.843. The molecule has 1 aromatic rings. The smallest absolute Gasteiger partial charge is 0.311 e. The van der Waals surface area contributed by atoms with Crippen molar-refractivity contribution in [1.29, 1.82) is 0 Å². The van der Waals surface area contributed by atoms with E-state index in [4.69, 9.17) is 9.84 Å². The Morgan fingerprint density at radius 3 is 2.80 bits per heavy atom. The average molecular weight is 206 g/mol. The normalized spacial score (nSPS) is 11.8. The summed E-state index contributed by atoms with van der Waals surface area (Å²) in [4.78, 5) is 11.1. The highest BCUT2D eigenvalue weighted by molar-refractivity contribution is 5.77. The Kier molecular flexibility index (Phi) is 3.92. The highest BCUT2D eigenvalue weighted by atomic mass is 16.5. The van der Waals surface area contributed by atoms with Crippen LogP contribution >= 0.6 is 0 Å². The Morgan fingerprint density at radius 2 is 2.27 bits per heavy atom. The summed E-state index contributed by atoms with van der Waals surface area (Å²) in [5.41, 5.74) is 0.687. The average Bonchev–Trinajstić information content (AvgIpc) is 2.25. The molecule has 0 radical (unpaired) electrons. The Bertz CT molecular complexity index is 358. The summed E-state index contributed by atoms with van der Waals surface area (Å²) < 4.78 is 5.13. The predicted molar refractivity (Wildman–Crippen MR) is 58.2 cm³/mol. The third-order valence-corrected chi connectivity index (χ3v) is 2.21. The highest BCUT2D eigenvalue weighted by Gasteiger charge is 2.21. The first-order valence-corrected chi connectivity index (χ1v) is 4.67. The van der Waals surface area contributed by atoms with Crippen molar-refractivity contribution in [3.8, 4) is 5.75 Å². The van der Waals surface area contributed by atoms with Gasteiger partial charge in [0.25, 0.3) is 0 Å². The zero-order valence-electron chi connectivity index (χ0n) is 8.64. The van der Waals surface area contributed by atoms with Gasteiger partial charge < -0.3 is 9.84 Å². The van der Waals surface area contributed by atoms with E-state index < -0.39 is 11.9 Å². The lowest BCUT2D eigenvalue weighted by Gasteiger charge is -2.14. The fourth-order valence-electron chi connectivity index (χ4n) is 1.48. The van der Waals surface area contributed by atoms with E-state index in [0.717, 1.165) is 0 Å². The lowest BCUT2D eigenvalue weighted by Crippen LogP contribution is -2.11. The number of benzene rings is 1. The Balaban J connectivity index is 3.09. The Hall–Kier alpha value is -1.77. The SMILES string of the molecule is C=CCC(C(=O)O)c1ccccc1OC. The van der Waals surface area contributed by atoms with Crippen molar-refractivity contribution in [2.75, 3.05) is 7.11 Å². The van der Waals surface area contributed by atoms with Gasteiger partial charge in [-0.1, -0.05) is 24.3 Å². The minimum absolute atomic E-state index is 0.399. The van der Waals surface area contributed by atoms with Gasteiger partial charge >= 0.3 is 5.97 Å². The first-order valence-electron chi connectivity index (χ1n) is 4.67. The van der Waals surface area contributed by atoms with Gasteiger partial charge in [0.15, 0.2) is 0 Å². The molecule has 1 N–H and O–H groups in total. The number of aliphatic carboxylic acids is 1. The van der Waals surface area contributed by atoms with E-state index in [0.29, 0.717) is 17.7 Å². The van der Waals surface area contributed by atoms with E-state index >= 15 is 0 Å². The van der Waals surface area contributed by atoms with Crippen molar-refractivity contribution in [3.05, 3.63) is 42.5 Å². The number of carboxylic acid groups (broad SMARTS) is 1. The van der Waals surface area contributed by atoms with Gasteiger partial charge in [0.2, 0.25) is 0 Å². The van der Waals surface area contributed by atoms with Crippen molar-refractivity contribution in [2.24, 2.45) is 0 Å². The number of para-hydroxylation sites is 1. The second-order valence-corrected chi connectivity index (χ2v) is 3.16. The monoisotopic (exact) mass is 206 g/mol. The van der Waals surface area contributed by atoms with Crippen LogP contribution < -0.4 is 4.74 Å². The van der Waals surface area contributed by atoms with Crippen LogP contribution in [0.15, 0.2) is 36.9 Å². The molecule has 80 valence electrons. The number of ether oxygens (including phenoxy) is 1. The molecule has 0 aromatic heterocycles. The first-order chi connectivity index (χ1) is 7.20. The maximum Gasteiger partial charge on any atom is 0.311 e. The van der Waals surface area contributed by atoms with Crippen molar-refractivity contribution in [2.45, 2.75) is 12.3 Å². The van der Waals surface area contributed by atoms with Gasteiger partial charge in [0, 0.05) is 5.56 Å². The number of rotatable bonds is 5. The standard InChI is InChI=1S/C12H14O3/c1-3-6-10(12(13)14)9-7-4-5-8-11(9)15-2/h3-5,7-8,10H,1,6H2,2H3,(H,13,14). The van der Waals surface area contributed by atoms with E-state index in [1.165, 1.54) is 7.11 Å². The molecule has 0 aliphatic rings. The van der Waals surface area contributed by atoms with Gasteiger partial charge in [0.05, 0.1) is 13.0 Å². The molecule has 0 saturated carbocycles. The number of hydrogen-bond acceptors (Lipinski definition) is 2. The minimum atomic E-state index is -0.862. The summed E-state index contributed by atoms with van der Waals surface area (Å²) in [6.45, 7) is 3.56. The Labute approximate surface area is 89.0 Å². The molecular weight excluding hydrogens is 192 g/mol. The highest BCUT2D eigenvalue weighted by Crippen LogP contribution is 2.29. The van der Waals surface area contributed by atoms with Crippen molar-refractivity contribution >= 4 is 5.97 Å². The number of hydrogen-bond donors (Lipinski definition) is 1. The predicted octanol–water partition coefficient (Wildman–Crippen LogP) is 2.44. The van der Waals surface area contributed by atoms with E-state index in [1.54, 1.807) is 24.3 Å². The summed E-state index contributed by atoms with van der Waals surface area (Å²) in [6.07, 6.45) is 2.00. The molecule has 0 saturated heterocycles. The molecule has 0 fully saturated rings. The summed E-state index contributed by atoms with van der Waals surface area (Å²) in [7, 11) is 1.53. The van der Waals surface area contributed by atoms with Crippen LogP contribution in [0.25, 0.3) is 0 Å². The fourth-order valence-corrected chi connectivity index (χ4v) is 1.48. The molecule has 0 heterocycles. The Morgan fingerprint density at radius 1 is 1.60 bits per heavy atom.